The number of nitrogens with one attached hydrogen (secondary N) is 2. The topological polar surface area (TPSA) is 74.2 Å². The Morgan fingerprint density at radius 3 is 2.94 bits per heavy atom. The molecular weight excluding hydrogens is 225 g/mol. The Kier molecular flexibility index (Phi) is 5.35. The summed E-state index contributed by atoms with van der Waals surface area (Å²) in [7, 11) is 0. The van der Waals surface area contributed by atoms with Crippen LogP contribution in [0.15, 0.2) is 18.3 Å². The van der Waals surface area contributed by atoms with E-state index in [2.05, 4.69) is 15.6 Å². The van der Waals surface area contributed by atoms with E-state index in [1.54, 1.807) is 0 Å². The lowest BCUT2D eigenvalue weighted by Gasteiger charge is -2.09. The number of amides is 2. The molecule has 0 unspecified atom stereocenters. The molecule has 1 aromatic rings. The minimum absolute atomic E-state index is 0.278. The summed E-state index contributed by atoms with van der Waals surface area (Å²) in [5, 5.41) is 14.3. The number of hydrogen-bond acceptors (Lipinski definition) is 3. The monoisotopic (exact) mass is 241 g/mol. The number of anilines is 1. The molecule has 0 saturated carbocycles. The lowest BCUT2D eigenvalue weighted by atomic mass is 10.2. The number of nitrogens with zero attached hydrogens (tertiary/aromatic N) is 1. The summed E-state index contributed by atoms with van der Waals surface area (Å²) < 4.78 is 12.5. The Bertz CT molecular complexity index is 356. The summed E-state index contributed by atoms with van der Waals surface area (Å²) in [6.07, 6.45) is 1.78. The van der Waals surface area contributed by atoms with Crippen LogP contribution in [0, 0.1) is 5.82 Å². The Morgan fingerprint density at radius 2 is 2.35 bits per heavy atom. The molecule has 0 aliphatic carbocycles. The van der Waals surface area contributed by atoms with Gasteiger partial charge in [-0.2, -0.15) is 0 Å². The fourth-order valence-corrected chi connectivity index (χ4v) is 1.17. The molecule has 0 aliphatic heterocycles. The van der Waals surface area contributed by atoms with Gasteiger partial charge in [0.2, 0.25) is 0 Å². The summed E-state index contributed by atoms with van der Waals surface area (Å²) in [5.74, 6) is -0.179. The van der Waals surface area contributed by atoms with Crippen LogP contribution in [0.4, 0.5) is 15.0 Å². The van der Waals surface area contributed by atoms with Gasteiger partial charge in [-0.15, -0.1) is 0 Å². The average Bonchev–Trinajstić information content (AvgIpc) is 2.32. The Labute approximate surface area is 99.1 Å². The average molecular weight is 241 g/mol. The minimum Gasteiger partial charge on any atom is -0.393 e. The predicted octanol–water partition coefficient (Wildman–Crippen LogP) is 1.50. The smallest absolute Gasteiger partial charge is 0.320 e. The van der Waals surface area contributed by atoms with Crippen molar-refractivity contribution in [3.8, 4) is 0 Å². The van der Waals surface area contributed by atoms with Crippen LogP contribution >= 0.6 is 0 Å². The van der Waals surface area contributed by atoms with Crippen LogP contribution in [0.25, 0.3) is 0 Å². The summed E-state index contributed by atoms with van der Waals surface area (Å²) in [6.45, 7) is 2.25. The van der Waals surface area contributed by atoms with E-state index in [4.69, 9.17) is 0 Å². The van der Waals surface area contributed by atoms with Crippen LogP contribution in [0.3, 0.4) is 0 Å². The number of carbonyl (C=O) groups excluding carboxylic acids is 1. The van der Waals surface area contributed by atoms with Gasteiger partial charge in [0.15, 0.2) is 0 Å². The quantitative estimate of drug-likeness (QED) is 0.731. The van der Waals surface area contributed by atoms with Gasteiger partial charge in [0, 0.05) is 6.54 Å². The number of aliphatic hydroxyl groups is 1. The van der Waals surface area contributed by atoms with Gasteiger partial charge in [0.05, 0.1) is 12.3 Å². The van der Waals surface area contributed by atoms with Crippen LogP contribution in [0.1, 0.15) is 19.8 Å². The molecule has 0 aromatic carbocycles. The Hall–Kier alpha value is -1.69. The molecule has 0 aliphatic rings. The van der Waals surface area contributed by atoms with Crippen molar-refractivity contribution in [1.82, 2.24) is 10.3 Å². The maximum atomic E-state index is 12.5. The summed E-state index contributed by atoms with van der Waals surface area (Å²) >= 11 is 0. The molecule has 0 bridgehead atoms. The number of halogens is 1. The molecule has 0 radical (unpaired) electrons. The van der Waals surface area contributed by atoms with Crippen molar-refractivity contribution in [2.45, 2.75) is 25.9 Å². The molecule has 6 heteroatoms. The number of urea groups is 1. The first-order valence-corrected chi connectivity index (χ1v) is 5.46. The van der Waals surface area contributed by atoms with Gasteiger partial charge >= 0.3 is 6.03 Å². The number of carbonyl (C=O) groups is 1. The molecule has 0 spiro atoms. The van der Waals surface area contributed by atoms with E-state index in [0.717, 1.165) is 6.20 Å². The lowest BCUT2D eigenvalue weighted by molar-refractivity contribution is 0.160. The lowest BCUT2D eigenvalue weighted by Crippen LogP contribution is -2.31. The van der Waals surface area contributed by atoms with E-state index in [0.29, 0.717) is 19.4 Å². The normalized spacial score (nSPS) is 11.9. The van der Waals surface area contributed by atoms with Crippen molar-refractivity contribution in [2.24, 2.45) is 0 Å². The highest BCUT2D eigenvalue weighted by molar-refractivity contribution is 5.88. The summed E-state index contributed by atoms with van der Waals surface area (Å²) in [6, 6.07) is 2.16. The van der Waals surface area contributed by atoms with Gasteiger partial charge < -0.3 is 10.4 Å². The van der Waals surface area contributed by atoms with E-state index in [1.807, 2.05) is 6.92 Å². The second kappa shape index (κ2) is 6.80. The molecule has 1 heterocycles. The van der Waals surface area contributed by atoms with Gasteiger partial charge in [-0.05, 0) is 25.0 Å². The first-order chi connectivity index (χ1) is 8.11. The van der Waals surface area contributed by atoms with E-state index >= 15 is 0 Å². The minimum atomic E-state index is -0.456. The fourth-order valence-electron chi connectivity index (χ4n) is 1.17. The van der Waals surface area contributed by atoms with Crippen molar-refractivity contribution in [1.29, 1.82) is 0 Å². The van der Waals surface area contributed by atoms with Gasteiger partial charge in [0.1, 0.15) is 11.6 Å². The third-order valence-corrected chi connectivity index (χ3v) is 2.20. The number of aromatic nitrogens is 1. The molecule has 94 valence electrons. The first kappa shape index (κ1) is 13.4. The fraction of sp³-hybridized carbons (Fsp3) is 0.455. The molecule has 17 heavy (non-hydrogen) atoms. The highest BCUT2D eigenvalue weighted by Gasteiger charge is 2.04. The van der Waals surface area contributed by atoms with Gasteiger partial charge in [-0.1, -0.05) is 6.92 Å². The predicted molar refractivity (Wildman–Crippen MR) is 62.1 cm³/mol. The van der Waals surface area contributed by atoms with E-state index in [-0.39, 0.29) is 5.82 Å². The van der Waals surface area contributed by atoms with Crippen molar-refractivity contribution in [2.75, 3.05) is 11.9 Å². The highest BCUT2D eigenvalue weighted by atomic mass is 19.1. The van der Waals surface area contributed by atoms with Crippen LogP contribution in [0.2, 0.25) is 0 Å². The second-order valence-corrected chi connectivity index (χ2v) is 3.59. The molecule has 0 fully saturated rings. The zero-order valence-corrected chi connectivity index (χ0v) is 9.61. The van der Waals surface area contributed by atoms with Gasteiger partial charge in [-0.25, -0.2) is 14.2 Å². The Balaban J connectivity index is 2.27. The first-order valence-electron chi connectivity index (χ1n) is 5.46. The standard InChI is InChI=1S/C11H16FN3O2/c1-2-9(16)5-6-13-11(17)15-10-4-3-8(12)7-14-10/h3-4,7,9,16H,2,5-6H2,1H3,(H2,13,14,15,17)/t9-/m0/s1. The van der Waals surface area contributed by atoms with Crippen LogP contribution in [-0.4, -0.2) is 28.8 Å². The van der Waals surface area contributed by atoms with E-state index in [1.165, 1.54) is 12.1 Å². The van der Waals surface area contributed by atoms with Crippen LogP contribution in [-0.2, 0) is 0 Å². The van der Waals surface area contributed by atoms with Crippen molar-refractivity contribution < 1.29 is 14.3 Å². The van der Waals surface area contributed by atoms with Crippen molar-refractivity contribution in [3.05, 3.63) is 24.1 Å². The molecule has 1 rings (SSSR count). The molecule has 2 amide bonds. The third kappa shape index (κ3) is 5.26. The Morgan fingerprint density at radius 1 is 1.59 bits per heavy atom. The summed E-state index contributed by atoms with van der Waals surface area (Å²) in [4.78, 5) is 15.0. The molecule has 0 saturated heterocycles. The zero-order valence-electron chi connectivity index (χ0n) is 9.61. The largest absolute Gasteiger partial charge is 0.393 e. The molecule has 1 atom stereocenters. The van der Waals surface area contributed by atoms with E-state index in [9.17, 15) is 14.3 Å². The maximum Gasteiger partial charge on any atom is 0.320 e. The van der Waals surface area contributed by atoms with Crippen molar-refractivity contribution >= 4 is 11.8 Å². The number of pyridine rings is 1. The molecular formula is C11H16FN3O2. The zero-order chi connectivity index (χ0) is 12.7. The van der Waals surface area contributed by atoms with Gasteiger partial charge in [0.25, 0.3) is 0 Å². The maximum absolute atomic E-state index is 12.5. The number of aliphatic hydroxyl groups excluding tert-OH is 1. The van der Waals surface area contributed by atoms with E-state index < -0.39 is 18.0 Å². The highest BCUT2D eigenvalue weighted by Crippen LogP contribution is 2.03. The molecule has 3 N–H and O–H groups in total. The SMILES string of the molecule is CC[C@H](O)CCNC(=O)Nc1ccc(F)cn1. The summed E-state index contributed by atoms with van der Waals surface area (Å²) in [5.41, 5.74) is 0. The van der Waals surface area contributed by atoms with Gasteiger partial charge in [-0.3, -0.25) is 5.32 Å². The molecule has 1 aromatic heterocycles. The van der Waals surface area contributed by atoms with Crippen LogP contribution in [0.5, 0.6) is 0 Å². The van der Waals surface area contributed by atoms with Crippen molar-refractivity contribution in [3.63, 3.8) is 0 Å². The number of hydrogen-bond donors (Lipinski definition) is 3. The second-order valence-electron chi connectivity index (χ2n) is 3.59. The van der Waals surface area contributed by atoms with Crippen LogP contribution < -0.4 is 10.6 Å². The third-order valence-electron chi connectivity index (χ3n) is 2.20. The number of rotatable bonds is 5. The molecule has 5 nitrogen and oxygen atoms in total.